The number of aryl methyl sites for hydroxylation is 1. The molecule has 3 rings (SSSR count). The molecule has 0 saturated heterocycles. The average Bonchev–Trinajstić information content (AvgIpc) is 2.91. The summed E-state index contributed by atoms with van der Waals surface area (Å²) < 4.78 is 7.03. The minimum atomic E-state index is 0.225. The fourth-order valence-electron chi connectivity index (χ4n) is 1.86. The summed E-state index contributed by atoms with van der Waals surface area (Å²) in [5.41, 5.74) is 7.28. The molecular weight excluding hydrogens is 280 g/mol. The van der Waals surface area contributed by atoms with Gasteiger partial charge in [-0.25, -0.2) is 9.97 Å². The number of nitrogen functional groups attached to an aromatic ring is 1. The Balaban J connectivity index is 1.91. The maximum absolute atomic E-state index is 8.91. The van der Waals surface area contributed by atoms with Crippen molar-refractivity contribution in [2.24, 2.45) is 0 Å². The number of hydrogen-bond donors (Lipinski definition) is 1. The Hall–Kier alpha value is -3.40. The van der Waals surface area contributed by atoms with E-state index in [4.69, 9.17) is 15.7 Å². The maximum Gasteiger partial charge on any atom is 0.224 e. The summed E-state index contributed by atoms with van der Waals surface area (Å²) in [7, 11) is 0. The van der Waals surface area contributed by atoms with E-state index in [0.717, 1.165) is 5.56 Å². The van der Waals surface area contributed by atoms with Crippen LogP contribution < -0.4 is 10.5 Å². The molecule has 1 aromatic carbocycles. The van der Waals surface area contributed by atoms with Gasteiger partial charge in [-0.2, -0.15) is 15.0 Å². The van der Waals surface area contributed by atoms with Crippen LogP contribution in [0.25, 0.3) is 5.82 Å². The molecular formula is C15H12N6O. The van der Waals surface area contributed by atoms with Crippen molar-refractivity contribution >= 4 is 5.82 Å². The lowest BCUT2D eigenvalue weighted by Gasteiger charge is -2.07. The van der Waals surface area contributed by atoms with Gasteiger partial charge in [0.1, 0.15) is 29.5 Å². The van der Waals surface area contributed by atoms with Gasteiger partial charge in [0, 0.05) is 6.07 Å². The zero-order valence-corrected chi connectivity index (χ0v) is 11.8. The number of nitrogens with two attached hydrogens (primary N) is 1. The smallest absolute Gasteiger partial charge is 0.224 e. The topological polar surface area (TPSA) is 103 Å². The number of aromatic nitrogens is 4. The van der Waals surface area contributed by atoms with Crippen LogP contribution in [0, 0.1) is 18.3 Å². The Morgan fingerprint density at radius 2 is 2.00 bits per heavy atom. The van der Waals surface area contributed by atoms with Gasteiger partial charge in [0.05, 0.1) is 6.20 Å². The quantitative estimate of drug-likeness (QED) is 0.794. The zero-order valence-electron chi connectivity index (χ0n) is 11.8. The highest BCUT2D eigenvalue weighted by Gasteiger charge is 2.11. The van der Waals surface area contributed by atoms with E-state index in [1.165, 1.54) is 17.2 Å². The number of nitriles is 1. The molecule has 22 heavy (non-hydrogen) atoms. The molecule has 2 N–H and O–H groups in total. The highest BCUT2D eigenvalue weighted by atomic mass is 16.5. The van der Waals surface area contributed by atoms with Gasteiger partial charge in [0.2, 0.25) is 5.88 Å². The van der Waals surface area contributed by atoms with Crippen LogP contribution in [0.4, 0.5) is 5.82 Å². The number of ether oxygens (including phenoxy) is 1. The molecule has 7 heteroatoms. The van der Waals surface area contributed by atoms with Gasteiger partial charge in [0.25, 0.3) is 0 Å². The van der Waals surface area contributed by atoms with Crippen molar-refractivity contribution in [2.75, 3.05) is 5.73 Å². The molecule has 0 bridgehead atoms. The monoisotopic (exact) mass is 292 g/mol. The van der Waals surface area contributed by atoms with Gasteiger partial charge in [-0.05, 0) is 19.1 Å². The Labute approximate surface area is 126 Å². The Kier molecular flexibility index (Phi) is 3.42. The molecule has 0 unspecified atom stereocenters. The van der Waals surface area contributed by atoms with E-state index < -0.39 is 0 Å². The van der Waals surface area contributed by atoms with E-state index in [1.807, 2.05) is 37.3 Å². The number of benzene rings is 1. The van der Waals surface area contributed by atoms with Crippen LogP contribution in [0.1, 0.15) is 11.1 Å². The normalized spacial score (nSPS) is 10.2. The maximum atomic E-state index is 8.91. The molecule has 0 amide bonds. The summed E-state index contributed by atoms with van der Waals surface area (Å²) in [6.07, 6.45) is 2.74. The first kappa shape index (κ1) is 13.6. The average molecular weight is 292 g/mol. The summed E-state index contributed by atoms with van der Waals surface area (Å²) >= 11 is 0. The van der Waals surface area contributed by atoms with Gasteiger partial charge in [-0.15, -0.1) is 0 Å². The van der Waals surface area contributed by atoms with Crippen LogP contribution >= 0.6 is 0 Å². The Bertz CT molecular complexity index is 847. The van der Waals surface area contributed by atoms with Crippen molar-refractivity contribution in [3.8, 4) is 23.5 Å². The minimum absolute atomic E-state index is 0.225. The molecule has 0 fully saturated rings. The van der Waals surface area contributed by atoms with Crippen LogP contribution in [0.3, 0.4) is 0 Å². The largest absolute Gasteiger partial charge is 0.439 e. The standard InChI is InChI=1S/C15H12N6O/c1-10-2-4-12(5-3-10)22-14-6-13(18-9-19-14)21-15(17)11(7-16)8-20-21/h2-6,8-9H,17H2,1H3. The van der Waals surface area contributed by atoms with Gasteiger partial charge in [0.15, 0.2) is 5.82 Å². The lowest BCUT2D eigenvalue weighted by molar-refractivity contribution is 0.460. The first-order valence-corrected chi connectivity index (χ1v) is 6.48. The molecule has 7 nitrogen and oxygen atoms in total. The van der Waals surface area contributed by atoms with Crippen LogP contribution in [-0.2, 0) is 0 Å². The molecule has 0 aliphatic rings. The Morgan fingerprint density at radius 3 is 2.68 bits per heavy atom. The third kappa shape index (κ3) is 2.58. The zero-order chi connectivity index (χ0) is 15.5. The van der Waals surface area contributed by atoms with E-state index in [9.17, 15) is 0 Å². The second kappa shape index (κ2) is 5.54. The summed E-state index contributed by atoms with van der Waals surface area (Å²) in [5.74, 6) is 1.68. The van der Waals surface area contributed by atoms with E-state index in [0.29, 0.717) is 23.0 Å². The van der Waals surface area contributed by atoms with Crippen molar-refractivity contribution in [1.82, 2.24) is 19.7 Å². The molecule has 0 spiro atoms. The lowest BCUT2D eigenvalue weighted by Crippen LogP contribution is -2.05. The summed E-state index contributed by atoms with van der Waals surface area (Å²) in [6, 6.07) is 11.2. The van der Waals surface area contributed by atoms with E-state index in [1.54, 1.807) is 6.07 Å². The fourth-order valence-corrected chi connectivity index (χ4v) is 1.86. The highest BCUT2D eigenvalue weighted by molar-refractivity contribution is 5.51. The molecule has 0 saturated carbocycles. The first-order valence-electron chi connectivity index (χ1n) is 6.48. The van der Waals surface area contributed by atoms with Crippen molar-refractivity contribution in [2.45, 2.75) is 6.92 Å². The fraction of sp³-hybridized carbons (Fsp3) is 0.0667. The van der Waals surface area contributed by atoms with E-state index in [2.05, 4.69) is 15.1 Å². The molecule has 0 atom stereocenters. The van der Waals surface area contributed by atoms with Crippen molar-refractivity contribution in [1.29, 1.82) is 5.26 Å². The van der Waals surface area contributed by atoms with Gasteiger partial charge in [-0.3, -0.25) is 0 Å². The minimum Gasteiger partial charge on any atom is -0.439 e. The number of rotatable bonds is 3. The van der Waals surface area contributed by atoms with Gasteiger partial charge >= 0.3 is 0 Å². The van der Waals surface area contributed by atoms with Crippen LogP contribution in [0.2, 0.25) is 0 Å². The van der Waals surface area contributed by atoms with Gasteiger partial charge in [-0.1, -0.05) is 17.7 Å². The highest BCUT2D eigenvalue weighted by Crippen LogP contribution is 2.22. The van der Waals surface area contributed by atoms with Crippen LogP contribution in [0.5, 0.6) is 11.6 Å². The second-order valence-electron chi connectivity index (χ2n) is 4.60. The molecule has 0 aliphatic carbocycles. The summed E-state index contributed by atoms with van der Waals surface area (Å²) in [6.45, 7) is 2.00. The van der Waals surface area contributed by atoms with Gasteiger partial charge < -0.3 is 10.5 Å². The molecule has 0 radical (unpaired) electrons. The van der Waals surface area contributed by atoms with E-state index >= 15 is 0 Å². The Morgan fingerprint density at radius 1 is 1.23 bits per heavy atom. The summed E-state index contributed by atoms with van der Waals surface area (Å²) in [5, 5.41) is 12.9. The van der Waals surface area contributed by atoms with E-state index in [-0.39, 0.29) is 5.82 Å². The SMILES string of the molecule is Cc1ccc(Oc2cc(-n3ncc(C#N)c3N)ncn2)cc1. The van der Waals surface area contributed by atoms with Crippen molar-refractivity contribution in [3.05, 3.63) is 54.0 Å². The second-order valence-corrected chi connectivity index (χ2v) is 4.60. The summed E-state index contributed by atoms with van der Waals surface area (Å²) in [4.78, 5) is 8.15. The van der Waals surface area contributed by atoms with Crippen LogP contribution in [-0.4, -0.2) is 19.7 Å². The lowest BCUT2D eigenvalue weighted by atomic mass is 10.2. The van der Waals surface area contributed by atoms with Crippen LogP contribution in [0.15, 0.2) is 42.9 Å². The molecule has 0 aliphatic heterocycles. The number of hydrogen-bond acceptors (Lipinski definition) is 6. The third-order valence-electron chi connectivity index (χ3n) is 3.01. The number of nitrogens with zero attached hydrogens (tertiary/aromatic N) is 5. The van der Waals surface area contributed by atoms with Crippen molar-refractivity contribution in [3.63, 3.8) is 0 Å². The third-order valence-corrected chi connectivity index (χ3v) is 3.01. The number of anilines is 1. The first-order chi connectivity index (χ1) is 10.7. The molecule has 3 aromatic rings. The molecule has 2 aromatic heterocycles. The molecule has 108 valence electrons. The predicted octanol–water partition coefficient (Wildman–Crippen LogP) is 2.22. The molecule has 2 heterocycles. The predicted molar refractivity (Wildman–Crippen MR) is 79.5 cm³/mol. The van der Waals surface area contributed by atoms with Crippen molar-refractivity contribution < 1.29 is 4.74 Å².